The molecule has 2 amide bonds. The highest BCUT2D eigenvalue weighted by Gasteiger charge is 2.38. The van der Waals surface area contributed by atoms with Crippen molar-refractivity contribution in [3.8, 4) is 11.5 Å². The van der Waals surface area contributed by atoms with Crippen LogP contribution in [0.4, 0.5) is 0 Å². The minimum atomic E-state index is -3.73. The molecule has 5 rings (SSSR count). The fourth-order valence-electron chi connectivity index (χ4n) is 4.75. The Kier molecular flexibility index (Phi) is 6.66. The van der Waals surface area contributed by atoms with Crippen LogP contribution in [0.25, 0.3) is 0 Å². The van der Waals surface area contributed by atoms with E-state index in [0.29, 0.717) is 50.9 Å². The van der Waals surface area contributed by atoms with Gasteiger partial charge in [0.15, 0.2) is 11.5 Å². The number of hydrogen-bond donors (Lipinski definition) is 0. The van der Waals surface area contributed by atoms with Crippen molar-refractivity contribution in [3.63, 3.8) is 0 Å². The zero-order valence-electron chi connectivity index (χ0n) is 19.5. The Morgan fingerprint density at radius 3 is 2.40 bits per heavy atom. The quantitative estimate of drug-likeness (QED) is 0.622. The second-order valence-corrected chi connectivity index (χ2v) is 11.0. The Balaban J connectivity index is 1.19. The molecule has 3 aliphatic heterocycles. The van der Waals surface area contributed by atoms with Crippen molar-refractivity contribution in [1.82, 2.24) is 14.1 Å². The second-order valence-electron chi connectivity index (χ2n) is 9.05. The zero-order chi connectivity index (χ0) is 24.4. The maximum Gasteiger partial charge on any atom is 0.243 e. The van der Waals surface area contributed by atoms with Gasteiger partial charge in [0.2, 0.25) is 21.8 Å². The molecule has 0 aromatic heterocycles. The van der Waals surface area contributed by atoms with Crippen molar-refractivity contribution in [2.24, 2.45) is 5.92 Å². The molecule has 2 fully saturated rings. The van der Waals surface area contributed by atoms with Crippen LogP contribution < -0.4 is 9.47 Å². The van der Waals surface area contributed by atoms with Gasteiger partial charge in [-0.25, -0.2) is 8.42 Å². The Morgan fingerprint density at radius 2 is 1.66 bits per heavy atom. The predicted octanol–water partition coefficient (Wildman–Crippen LogP) is 1.73. The van der Waals surface area contributed by atoms with E-state index in [0.717, 1.165) is 12.0 Å². The summed E-state index contributed by atoms with van der Waals surface area (Å²) in [5.74, 6) is 0.480. The Morgan fingerprint density at radius 1 is 0.943 bits per heavy atom. The van der Waals surface area contributed by atoms with E-state index in [1.807, 2.05) is 30.3 Å². The number of ether oxygens (including phenoxy) is 2. The zero-order valence-corrected chi connectivity index (χ0v) is 20.3. The third-order valence-corrected chi connectivity index (χ3v) is 8.58. The first-order valence-corrected chi connectivity index (χ1v) is 13.4. The highest BCUT2D eigenvalue weighted by atomic mass is 32.2. The van der Waals surface area contributed by atoms with Crippen LogP contribution in [0, 0.1) is 5.92 Å². The van der Waals surface area contributed by atoms with E-state index in [9.17, 15) is 18.0 Å². The van der Waals surface area contributed by atoms with Gasteiger partial charge in [-0.1, -0.05) is 30.3 Å². The fraction of sp³-hybridized carbons (Fsp3) is 0.440. The topological polar surface area (TPSA) is 96.5 Å². The summed E-state index contributed by atoms with van der Waals surface area (Å²) in [7, 11) is -3.73. The first-order chi connectivity index (χ1) is 16.9. The molecule has 2 saturated heterocycles. The highest BCUT2D eigenvalue weighted by Crippen LogP contribution is 2.33. The molecular formula is C25H29N3O6S. The van der Waals surface area contributed by atoms with E-state index in [4.69, 9.17) is 9.47 Å². The highest BCUT2D eigenvalue weighted by molar-refractivity contribution is 7.89. The summed E-state index contributed by atoms with van der Waals surface area (Å²) in [6, 6.07) is 14.4. The standard InChI is InChI=1S/C25H29N3O6S/c29-24-15-20(18-27(24)17-19-5-2-1-3-6-19)25(30)26-9-11-28(12-10-26)35(31,32)21-7-8-22-23(16-21)34-14-4-13-33-22/h1-3,5-8,16,20H,4,9-15,17-18H2/t20-/m0/s1. The largest absolute Gasteiger partial charge is 0.490 e. The number of benzene rings is 2. The Bertz CT molecular complexity index is 1190. The molecule has 0 aliphatic carbocycles. The number of fused-ring (bicyclic) bond motifs is 1. The van der Waals surface area contributed by atoms with E-state index in [-0.39, 0.29) is 36.2 Å². The van der Waals surface area contributed by atoms with E-state index in [1.54, 1.807) is 15.9 Å². The minimum Gasteiger partial charge on any atom is -0.490 e. The SMILES string of the molecule is O=C1C[C@H](C(=O)N2CCN(S(=O)(=O)c3ccc4c(c3)OCCCO4)CC2)CN1Cc1ccccc1. The number of piperazine rings is 1. The fourth-order valence-corrected chi connectivity index (χ4v) is 6.19. The summed E-state index contributed by atoms with van der Waals surface area (Å²) in [5, 5.41) is 0. The number of carbonyl (C=O) groups excluding carboxylic acids is 2. The van der Waals surface area contributed by atoms with Crippen LogP contribution in [-0.2, 0) is 26.2 Å². The number of rotatable bonds is 5. The third-order valence-electron chi connectivity index (χ3n) is 6.69. The molecular weight excluding hydrogens is 470 g/mol. The number of sulfonamides is 1. The molecule has 0 radical (unpaired) electrons. The van der Waals surface area contributed by atoms with E-state index < -0.39 is 15.9 Å². The summed E-state index contributed by atoms with van der Waals surface area (Å²) < 4.78 is 39.1. The van der Waals surface area contributed by atoms with E-state index in [2.05, 4.69) is 0 Å². The summed E-state index contributed by atoms with van der Waals surface area (Å²) >= 11 is 0. The molecule has 0 spiro atoms. The molecule has 1 atom stereocenters. The lowest BCUT2D eigenvalue weighted by Crippen LogP contribution is -2.52. The molecule has 0 N–H and O–H groups in total. The predicted molar refractivity (Wildman–Crippen MR) is 127 cm³/mol. The average molecular weight is 500 g/mol. The Labute approximate surface area is 205 Å². The van der Waals surface area contributed by atoms with Crippen molar-refractivity contribution in [3.05, 3.63) is 54.1 Å². The minimum absolute atomic E-state index is 0.0252. The van der Waals surface area contributed by atoms with Gasteiger partial charge in [-0.2, -0.15) is 4.31 Å². The van der Waals surface area contributed by atoms with Gasteiger partial charge in [-0.05, 0) is 17.7 Å². The van der Waals surface area contributed by atoms with Gasteiger partial charge in [-0.15, -0.1) is 0 Å². The van der Waals surface area contributed by atoms with Gasteiger partial charge in [-0.3, -0.25) is 9.59 Å². The van der Waals surface area contributed by atoms with Crippen LogP contribution in [0.3, 0.4) is 0 Å². The Hall–Kier alpha value is -3.11. The molecule has 0 saturated carbocycles. The second kappa shape index (κ2) is 9.87. The lowest BCUT2D eigenvalue weighted by molar-refractivity contribution is -0.137. The molecule has 10 heteroatoms. The molecule has 2 aromatic rings. The van der Waals surface area contributed by atoms with Crippen LogP contribution in [0.15, 0.2) is 53.4 Å². The molecule has 35 heavy (non-hydrogen) atoms. The summed E-state index contributed by atoms with van der Waals surface area (Å²) in [4.78, 5) is 29.2. The van der Waals surface area contributed by atoms with Crippen LogP contribution in [0.2, 0.25) is 0 Å². The van der Waals surface area contributed by atoms with Gasteiger partial charge in [0.05, 0.1) is 24.0 Å². The van der Waals surface area contributed by atoms with Crippen LogP contribution in [-0.4, -0.2) is 80.3 Å². The number of nitrogens with zero attached hydrogens (tertiary/aromatic N) is 3. The monoisotopic (exact) mass is 499 g/mol. The molecule has 186 valence electrons. The van der Waals surface area contributed by atoms with Crippen LogP contribution in [0.5, 0.6) is 11.5 Å². The first kappa shape index (κ1) is 23.6. The lowest BCUT2D eigenvalue weighted by Gasteiger charge is -2.35. The summed E-state index contributed by atoms with van der Waals surface area (Å²) in [6.45, 7) is 2.90. The third kappa shape index (κ3) is 4.99. The van der Waals surface area contributed by atoms with Gasteiger partial charge < -0.3 is 19.3 Å². The lowest BCUT2D eigenvalue weighted by atomic mass is 10.1. The van der Waals surface area contributed by atoms with Crippen molar-refractivity contribution in [2.75, 3.05) is 45.9 Å². The van der Waals surface area contributed by atoms with Crippen LogP contribution >= 0.6 is 0 Å². The smallest absolute Gasteiger partial charge is 0.243 e. The maximum atomic E-state index is 13.2. The molecule has 0 bridgehead atoms. The van der Waals surface area contributed by atoms with Crippen LogP contribution in [0.1, 0.15) is 18.4 Å². The number of carbonyl (C=O) groups is 2. The number of likely N-dealkylation sites (tertiary alicyclic amines) is 1. The van der Waals surface area contributed by atoms with E-state index >= 15 is 0 Å². The molecule has 3 heterocycles. The normalized spacial score (nSPS) is 21.1. The molecule has 0 unspecified atom stereocenters. The number of hydrogen-bond acceptors (Lipinski definition) is 6. The van der Waals surface area contributed by atoms with Crippen molar-refractivity contribution in [1.29, 1.82) is 0 Å². The van der Waals surface area contributed by atoms with Crippen molar-refractivity contribution >= 4 is 21.8 Å². The summed E-state index contributed by atoms with van der Waals surface area (Å²) in [5.41, 5.74) is 1.03. The van der Waals surface area contributed by atoms with Crippen molar-refractivity contribution < 1.29 is 27.5 Å². The molecule has 2 aromatic carbocycles. The van der Waals surface area contributed by atoms with E-state index in [1.165, 1.54) is 16.4 Å². The van der Waals surface area contributed by atoms with Crippen molar-refractivity contribution in [2.45, 2.75) is 24.3 Å². The van der Waals surface area contributed by atoms with Gasteiger partial charge in [0.25, 0.3) is 0 Å². The average Bonchev–Trinajstić information content (AvgIpc) is 3.08. The summed E-state index contributed by atoms with van der Waals surface area (Å²) in [6.07, 6.45) is 0.935. The first-order valence-electron chi connectivity index (χ1n) is 11.9. The number of amides is 2. The van der Waals surface area contributed by atoms with Gasteiger partial charge in [0, 0.05) is 58.2 Å². The molecule has 9 nitrogen and oxygen atoms in total. The molecule has 3 aliphatic rings. The van der Waals surface area contributed by atoms with Gasteiger partial charge in [0.1, 0.15) is 0 Å². The van der Waals surface area contributed by atoms with Gasteiger partial charge >= 0.3 is 0 Å². The maximum absolute atomic E-state index is 13.2.